The molecule has 7 rings (SSSR count). The van der Waals surface area contributed by atoms with Gasteiger partial charge in [0.2, 0.25) is 0 Å². The van der Waals surface area contributed by atoms with E-state index >= 15 is 0 Å². The number of aliphatic hydroxyl groups is 7. The molecule has 7 aliphatic rings. The SMILES string of the molecule is C[C@@H]1CC[C@]2(C(=O)O)C(O)C[C@]3(C)C(=CCC4C5(C)CC[C@H](O[C@@H]6OC[C@@H](O)[C@H](O)C6O[C@@H]6OC(CO)[C@H](O)[C@H](O)C6O)[C@](C)(C=O)[C@@H]5CC[C@@]43C)C2C1. The number of carbonyl (C=O) groups is 2. The predicted octanol–water partition coefficient (Wildman–Crippen LogP) is 1.28. The van der Waals surface area contributed by atoms with E-state index in [0.717, 1.165) is 32.0 Å². The third-order valence-corrected chi connectivity index (χ3v) is 16.6. The van der Waals surface area contributed by atoms with E-state index in [9.17, 15) is 50.4 Å². The first-order valence-electron chi connectivity index (χ1n) is 20.0. The third-order valence-electron chi connectivity index (χ3n) is 16.6. The van der Waals surface area contributed by atoms with E-state index < -0.39 is 96.3 Å². The highest BCUT2D eigenvalue weighted by Gasteiger charge is 2.71. The second-order valence-electron chi connectivity index (χ2n) is 19.0. The van der Waals surface area contributed by atoms with Gasteiger partial charge in [-0.15, -0.1) is 0 Å². The molecule has 2 saturated heterocycles. The zero-order valence-electron chi connectivity index (χ0n) is 32.1. The van der Waals surface area contributed by atoms with Gasteiger partial charge in [-0.25, -0.2) is 0 Å². The highest BCUT2D eigenvalue weighted by atomic mass is 16.8. The minimum atomic E-state index is -1.76. The van der Waals surface area contributed by atoms with Gasteiger partial charge in [0.15, 0.2) is 12.6 Å². The quantitative estimate of drug-likeness (QED) is 0.104. The zero-order chi connectivity index (χ0) is 39.3. The lowest BCUT2D eigenvalue weighted by Gasteiger charge is -2.71. The van der Waals surface area contributed by atoms with Crippen LogP contribution in [0.15, 0.2) is 11.6 Å². The molecular formula is C40H62O14. The Kier molecular flexibility index (Phi) is 10.6. The largest absolute Gasteiger partial charge is 0.481 e. The van der Waals surface area contributed by atoms with E-state index in [1.807, 2.05) is 6.92 Å². The molecule has 306 valence electrons. The molecule has 54 heavy (non-hydrogen) atoms. The fourth-order valence-corrected chi connectivity index (χ4v) is 13.2. The second kappa shape index (κ2) is 14.1. The van der Waals surface area contributed by atoms with Crippen molar-refractivity contribution in [2.24, 2.45) is 50.7 Å². The van der Waals surface area contributed by atoms with Gasteiger partial charge in [-0.1, -0.05) is 46.3 Å². The Bertz CT molecular complexity index is 1470. The maximum Gasteiger partial charge on any atom is 0.312 e. The van der Waals surface area contributed by atoms with Crippen molar-refractivity contribution in [3.63, 3.8) is 0 Å². The average Bonchev–Trinajstić information content (AvgIpc) is 3.12. The molecule has 0 radical (unpaired) electrons. The maximum atomic E-state index is 13.4. The Labute approximate surface area is 316 Å². The summed E-state index contributed by atoms with van der Waals surface area (Å²) in [6.07, 6.45) is -6.35. The number of rotatable bonds is 7. The van der Waals surface area contributed by atoms with Crippen molar-refractivity contribution < 1.29 is 69.4 Å². The first kappa shape index (κ1) is 40.6. The van der Waals surface area contributed by atoms with Gasteiger partial charge in [0.25, 0.3) is 0 Å². The molecule has 14 nitrogen and oxygen atoms in total. The minimum absolute atomic E-state index is 0.122. The molecule has 2 aliphatic heterocycles. The number of ether oxygens (including phenoxy) is 4. The van der Waals surface area contributed by atoms with Crippen molar-refractivity contribution in [3.8, 4) is 0 Å². The van der Waals surface area contributed by atoms with Crippen molar-refractivity contribution in [3.05, 3.63) is 11.6 Å². The normalized spacial score (nSPS) is 56.0. The van der Waals surface area contributed by atoms with Crippen molar-refractivity contribution in [1.29, 1.82) is 0 Å². The molecule has 14 heteroatoms. The third kappa shape index (κ3) is 5.67. The van der Waals surface area contributed by atoms with Gasteiger partial charge < -0.3 is 64.6 Å². The van der Waals surface area contributed by atoms with Crippen LogP contribution in [-0.2, 0) is 28.5 Å². The monoisotopic (exact) mass is 766 g/mol. The molecule has 5 aliphatic carbocycles. The summed E-state index contributed by atoms with van der Waals surface area (Å²) >= 11 is 0. The summed E-state index contributed by atoms with van der Waals surface area (Å²) in [5.74, 6) is -0.762. The second-order valence-corrected chi connectivity index (χ2v) is 19.0. The number of carboxylic acids is 1. The van der Waals surface area contributed by atoms with Crippen LogP contribution in [0.25, 0.3) is 0 Å². The molecule has 8 N–H and O–H groups in total. The first-order valence-corrected chi connectivity index (χ1v) is 20.0. The van der Waals surface area contributed by atoms with Gasteiger partial charge in [0.1, 0.15) is 54.4 Å². The molecule has 0 aromatic rings. The Balaban J connectivity index is 1.16. The lowest BCUT2D eigenvalue weighted by atomic mass is 9.33. The summed E-state index contributed by atoms with van der Waals surface area (Å²) < 4.78 is 23.9. The van der Waals surface area contributed by atoms with E-state index in [-0.39, 0.29) is 35.2 Å². The Morgan fingerprint density at radius 3 is 2.30 bits per heavy atom. The van der Waals surface area contributed by atoms with Crippen LogP contribution in [0.3, 0.4) is 0 Å². The molecule has 6 fully saturated rings. The van der Waals surface area contributed by atoms with Gasteiger partial charge in [-0.3, -0.25) is 4.79 Å². The fourth-order valence-electron chi connectivity index (χ4n) is 13.2. The maximum absolute atomic E-state index is 13.4. The standard InChI is InChI=1S/C40H62O14/c1-19-8-13-40(35(49)50)21(14-19)20-6-7-25-36(2)11-10-27(37(3,18-42)24(36)9-12-38(25,4)39(20,5)15-26(40)44)53-34-32(28(45)22(43)17-51-34)54-33-31(48)30(47)29(46)23(16-41)52-33/h6,18-19,21-34,41,43-48H,7-17H2,1-5H3,(H,49,50)/t19-,21?,22-,23?,24-,25?,26?,27+,28+,29+,30+,31?,32?,33+,34+,36?,37-,38+,39-,40-/m1/s1. The van der Waals surface area contributed by atoms with Crippen LogP contribution >= 0.6 is 0 Å². The van der Waals surface area contributed by atoms with E-state index in [1.54, 1.807) is 0 Å². The van der Waals surface area contributed by atoms with Crippen LogP contribution in [0.1, 0.15) is 92.4 Å². The van der Waals surface area contributed by atoms with Gasteiger partial charge in [0, 0.05) is 0 Å². The molecule has 0 aromatic heterocycles. The molecule has 0 spiro atoms. The molecule has 0 amide bonds. The number of hydrogen-bond acceptors (Lipinski definition) is 13. The van der Waals surface area contributed by atoms with Crippen LogP contribution in [0.2, 0.25) is 0 Å². The number of hydrogen-bond donors (Lipinski definition) is 8. The number of aldehydes is 1. The van der Waals surface area contributed by atoms with Gasteiger partial charge in [-0.05, 0) is 97.7 Å². The Hall–Kier alpha value is -1.56. The number of carboxylic acid groups (broad SMARTS) is 1. The van der Waals surface area contributed by atoms with Gasteiger partial charge in [-0.2, -0.15) is 0 Å². The fraction of sp³-hybridized carbons (Fsp3) is 0.900. The van der Waals surface area contributed by atoms with E-state index in [4.69, 9.17) is 18.9 Å². The number of aliphatic carboxylic acids is 1. The summed E-state index contributed by atoms with van der Waals surface area (Å²) in [5, 5.41) is 85.0. The smallest absolute Gasteiger partial charge is 0.312 e. The Morgan fingerprint density at radius 2 is 1.63 bits per heavy atom. The zero-order valence-corrected chi connectivity index (χ0v) is 32.1. The van der Waals surface area contributed by atoms with Crippen molar-refractivity contribution in [1.82, 2.24) is 0 Å². The predicted molar refractivity (Wildman–Crippen MR) is 189 cm³/mol. The Morgan fingerprint density at radius 1 is 0.907 bits per heavy atom. The molecule has 7 unspecified atom stereocenters. The van der Waals surface area contributed by atoms with Crippen LogP contribution in [0.4, 0.5) is 0 Å². The van der Waals surface area contributed by atoms with Crippen molar-refractivity contribution in [2.75, 3.05) is 13.2 Å². The van der Waals surface area contributed by atoms with Crippen molar-refractivity contribution >= 4 is 12.3 Å². The minimum Gasteiger partial charge on any atom is -0.481 e. The van der Waals surface area contributed by atoms with E-state index in [2.05, 4.69) is 33.8 Å². The topological polar surface area (TPSA) is 233 Å². The van der Waals surface area contributed by atoms with Crippen LogP contribution in [-0.4, -0.2) is 134 Å². The van der Waals surface area contributed by atoms with Crippen molar-refractivity contribution in [2.45, 2.75) is 160 Å². The lowest BCUT2D eigenvalue weighted by Crippen LogP contribution is -2.68. The molecular weight excluding hydrogens is 704 g/mol. The van der Waals surface area contributed by atoms with Gasteiger partial charge in [0.05, 0.1) is 30.8 Å². The number of aliphatic hydroxyl groups excluding tert-OH is 7. The highest BCUT2D eigenvalue weighted by Crippen LogP contribution is 2.75. The van der Waals surface area contributed by atoms with Crippen LogP contribution in [0, 0.1) is 50.7 Å². The van der Waals surface area contributed by atoms with Crippen LogP contribution < -0.4 is 0 Å². The summed E-state index contributed by atoms with van der Waals surface area (Å²) in [4.78, 5) is 26.4. The molecule has 20 atom stereocenters. The molecule has 4 saturated carbocycles. The first-order chi connectivity index (χ1) is 25.3. The summed E-state index contributed by atoms with van der Waals surface area (Å²) in [5.41, 5.74) is -2.03. The summed E-state index contributed by atoms with van der Waals surface area (Å²) in [7, 11) is 0. The highest BCUT2D eigenvalue weighted by molar-refractivity contribution is 5.77. The summed E-state index contributed by atoms with van der Waals surface area (Å²) in [6.45, 7) is 9.93. The number of fused-ring (bicyclic) bond motifs is 7. The molecule has 2 heterocycles. The molecule has 0 aromatic carbocycles. The number of carbonyl (C=O) groups excluding carboxylic acids is 1. The van der Waals surface area contributed by atoms with Gasteiger partial charge >= 0.3 is 5.97 Å². The molecule has 0 bridgehead atoms. The van der Waals surface area contributed by atoms with Crippen LogP contribution in [0.5, 0.6) is 0 Å². The average molecular weight is 767 g/mol. The van der Waals surface area contributed by atoms with E-state index in [0.29, 0.717) is 38.0 Å². The number of allylic oxidation sites excluding steroid dienone is 2. The van der Waals surface area contributed by atoms with E-state index in [1.165, 1.54) is 5.57 Å². The summed E-state index contributed by atoms with van der Waals surface area (Å²) in [6, 6.07) is 0. The lowest BCUT2D eigenvalue weighted by molar-refractivity contribution is -0.366.